The highest BCUT2D eigenvalue weighted by molar-refractivity contribution is 5.80. The first-order valence-corrected chi connectivity index (χ1v) is 5.68. The molecule has 0 saturated heterocycles. The average Bonchev–Trinajstić information content (AvgIpc) is 2.14. The predicted molar refractivity (Wildman–Crippen MR) is 57.8 cm³/mol. The van der Waals surface area contributed by atoms with Crippen molar-refractivity contribution in [1.29, 1.82) is 0 Å². The lowest BCUT2D eigenvalue weighted by Gasteiger charge is -2.17. The molecule has 13 heavy (non-hydrogen) atoms. The summed E-state index contributed by atoms with van der Waals surface area (Å²) < 4.78 is 0. The van der Waals surface area contributed by atoms with Crippen LogP contribution in [-0.4, -0.2) is 5.78 Å². The molecule has 0 aliphatic rings. The van der Waals surface area contributed by atoms with Crippen molar-refractivity contribution < 1.29 is 4.79 Å². The maximum atomic E-state index is 11.6. The standard InChI is InChI=1S/C12H24O/c1-5-8-12(13)11(7-3)9-10(4)6-2/h10-11H,5-9H2,1-4H3/t10-,11-/m0/s1. The molecule has 0 aliphatic heterocycles. The molecule has 1 heteroatoms. The van der Waals surface area contributed by atoms with Gasteiger partial charge >= 0.3 is 0 Å². The predicted octanol–water partition coefficient (Wildman–Crippen LogP) is 3.82. The average molecular weight is 184 g/mol. The molecule has 0 rings (SSSR count). The minimum atomic E-state index is 0.329. The maximum absolute atomic E-state index is 11.6. The van der Waals surface area contributed by atoms with Gasteiger partial charge in [-0.05, 0) is 25.2 Å². The van der Waals surface area contributed by atoms with Gasteiger partial charge in [-0.2, -0.15) is 0 Å². The Morgan fingerprint density at radius 3 is 2.15 bits per heavy atom. The van der Waals surface area contributed by atoms with Gasteiger partial charge < -0.3 is 0 Å². The molecule has 0 unspecified atom stereocenters. The summed E-state index contributed by atoms with van der Waals surface area (Å²) in [5.74, 6) is 1.51. The molecule has 0 aromatic carbocycles. The lowest BCUT2D eigenvalue weighted by Crippen LogP contribution is -2.16. The van der Waals surface area contributed by atoms with E-state index >= 15 is 0 Å². The van der Waals surface area contributed by atoms with Crippen LogP contribution in [0.1, 0.15) is 59.8 Å². The number of hydrogen-bond donors (Lipinski definition) is 0. The van der Waals surface area contributed by atoms with Crippen LogP contribution in [0.25, 0.3) is 0 Å². The third-order valence-corrected chi connectivity index (χ3v) is 2.83. The largest absolute Gasteiger partial charge is 0.299 e. The monoisotopic (exact) mass is 184 g/mol. The molecule has 0 bridgehead atoms. The molecule has 1 nitrogen and oxygen atoms in total. The van der Waals surface area contributed by atoms with Crippen molar-refractivity contribution in [3.63, 3.8) is 0 Å². The zero-order valence-electron chi connectivity index (χ0n) is 9.60. The van der Waals surface area contributed by atoms with E-state index < -0.39 is 0 Å². The number of carbonyl (C=O) groups excluding carboxylic acids is 1. The minimum absolute atomic E-state index is 0.329. The zero-order chi connectivity index (χ0) is 10.3. The first kappa shape index (κ1) is 12.7. The van der Waals surface area contributed by atoms with E-state index in [1.54, 1.807) is 0 Å². The Kier molecular flexibility index (Phi) is 6.93. The fraction of sp³-hybridized carbons (Fsp3) is 0.917. The topological polar surface area (TPSA) is 17.1 Å². The van der Waals surface area contributed by atoms with E-state index in [0.29, 0.717) is 17.6 Å². The van der Waals surface area contributed by atoms with E-state index in [0.717, 1.165) is 25.7 Å². The molecule has 78 valence electrons. The van der Waals surface area contributed by atoms with Crippen molar-refractivity contribution in [3.05, 3.63) is 0 Å². The van der Waals surface area contributed by atoms with Crippen molar-refractivity contribution in [1.82, 2.24) is 0 Å². The van der Waals surface area contributed by atoms with Gasteiger partial charge in [0, 0.05) is 12.3 Å². The van der Waals surface area contributed by atoms with E-state index in [1.807, 2.05) is 0 Å². The second kappa shape index (κ2) is 7.11. The highest BCUT2D eigenvalue weighted by Gasteiger charge is 2.17. The number of hydrogen-bond acceptors (Lipinski definition) is 1. The second-order valence-corrected chi connectivity index (χ2v) is 4.07. The van der Waals surface area contributed by atoms with Crippen molar-refractivity contribution >= 4 is 5.78 Å². The van der Waals surface area contributed by atoms with Crippen LogP contribution in [0.5, 0.6) is 0 Å². The van der Waals surface area contributed by atoms with Crippen LogP contribution in [0, 0.1) is 11.8 Å². The van der Waals surface area contributed by atoms with Gasteiger partial charge in [-0.3, -0.25) is 4.79 Å². The molecule has 0 aromatic heterocycles. The van der Waals surface area contributed by atoms with Crippen molar-refractivity contribution in [3.8, 4) is 0 Å². The summed E-state index contributed by atoms with van der Waals surface area (Å²) in [6.45, 7) is 8.64. The maximum Gasteiger partial charge on any atom is 0.135 e. The second-order valence-electron chi connectivity index (χ2n) is 4.07. The number of rotatable bonds is 7. The highest BCUT2D eigenvalue weighted by Crippen LogP contribution is 2.20. The Hall–Kier alpha value is -0.330. The van der Waals surface area contributed by atoms with E-state index in [9.17, 15) is 4.79 Å². The molecule has 2 atom stereocenters. The number of Topliss-reactive ketones (excluding diaryl/α,β-unsaturated/α-hetero) is 1. The fourth-order valence-corrected chi connectivity index (χ4v) is 1.63. The first-order valence-electron chi connectivity index (χ1n) is 5.68. The van der Waals surface area contributed by atoms with Crippen LogP contribution < -0.4 is 0 Å². The normalized spacial score (nSPS) is 15.4. The van der Waals surface area contributed by atoms with Gasteiger partial charge in [0.2, 0.25) is 0 Å². The number of ketones is 1. The molecule has 0 spiro atoms. The molecule has 0 amide bonds. The van der Waals surface area contributed by atoms with Crippen LogP contribution >= 0.6 is 0 Å². The summed E-state index contributed by atoms with van der Waals surface area (Å²) in [6.07, 6.45) is 5.07. The molecular formula is C12H24O. The van der Waals surface area contributed by atoms with Gasteiger partial charge in [-0.25, -0.2) is 0 Å². The molecule has 0 heterocycles. The van der Waals surface area contributed by atoms with E-state index in [4.69, 9.17) is 0 Å². The van der Waals surface area contributed by atoms with Gasteiger partial charge in [0.05, 0.1) is 0 Å². The molecule has 0 aliphatic carbocycles. The van der Waals surface area contributed by atoms with E-state index in [2.05, 4.69) is 27.7 Å². The van der Waals surface area contributed by atoms with Crippen LogP contribution in [0.3, 0.4) is 0 Å². The van der Waals surface area contributed by atoms with Gasteiger partial charge in [-0.15, -0.1) is 0 Å². The lowest BCUT2D eigenvalue weighted by atomic mass is 9.87. The van der Waals surface area contributed by atoms with Crippen LogP contribution in [-0.2, 0) is 4.79 Å². The van der Waals surface area contributed by atoms with Crippen LogP contribution in [0.4, 0.5) is 0 Å². The lowest BCUT2D eigenvalue weighted by molar-refractivity contribution is -0.123. The summed E-state index contributed by atoms with van der Waals surface area (Å²) >= 11 is 0. The Bertz CT molecular complexity index is 140. The molecule has 0 radical (unpaired) electrons. The minimum Gasteiger partial charge on any atom is -0.299 e. The third kappa shape index (κ3) is 5.07. The summed E-state index contributed by atoms with van der Waals surface area (Å²) in [4.78, 5) is 11.6. The molecule has 0 aromatic rings. The SMILES string of the molecule is CCCC(=O)[C@@H](CC)C[C@@H](C)CC. The summed E-state index contributed by atoms with van der Waals surface area (Å²) in [5.41, 5.74) is 0. The van der Waals surface area contributed by atoms with E-state index in [1.165, 1.54) is 6.42 Å². The molecule has 0 N–H and O–H groups in total. The molecule has 0 saturated carbocycles. The number of carbonyl (C=O) groups is 1. The quantitative estimate of drug-likeness (QED) is 0.588. The Balaban J connectivity index is 3.94. The van der Waals surface area contributed by atoms with Crippen molar-refractivity contribution in [2.24, 2.45) is 11.8 Å². The molecular weight excluding hydrogens is 160 g/mol. The van der Waals surface area contributed by atoms with Gasteiger partial charge in [0.1, 0.15) is 5.78 Å². The smallest absolute Gasteiger partial charge is 0.135 e. The highest BCUT2D eigenvalue weighted by atomic mass is 16.1. The van der Waals surface area contributed by atoms with E-state index in [-0.39, 0.29) is 0 Å². The fourth-order valence-electron chi connectivity index (χ4n) is 1.63. The Morgan fingerprint density at radius 1 is 1.15 bits per heavy atom. The Labute approximate surface area is 82.9 Å². The summed E-state index contributed by atoms with van der Waals surface area (Å²) in [6, 6.07) is 0. The van der Waals surface area contributed by atoms with Crippen molar-refractivity contribution in [2.45, 2.75) is 59.8 Å². The van der Waals surface area contributed by atoms with Crippen LogP contribution in [0.2, 0.25) is 0 Å². The zero-order valence-corrected chi connectivity index (χ0v) is 9.60. The van der Waals surface area contributed by atoms with Gasteiger partial charge in [0.25, 0.3) is 0 Å². The van der Waals surface area contributed by atoms with Gasteiger partial charge in [0.15, 0.2) is 0 Å². The van der Waals surface area contributed by atoms with Crippen molar-refractivity contribution in [2.75, 3.05) is 0 Å². The Morgan fingerprint density at radius 2 is 1.77 bits per heavy atom. The van der Waals surface area contributed by atoms with Gasteiger partial charge in [-0.1, -0.05) is 34.1 Å². The molecule has 0 fully saturated rings. The van der Waals surface area contributed by atoms with Crippen LogP contribution in [0.15, 0.2) is 0 Å². The summed E-state index contributed by atoms with van der Waals surface area (Å²) in [5, 5.41) is 0. The first-order chi connectivity index (χ1) is 6.15. The third-order valence-electron chi connectivity index (χ3n) is 2.83. The summed E-state index contributed by atoms with van der Waals surface area (Å²) in [7, 11) is 0.